The highest BCUT2D eigenvalue weighted by molar-refractivity contribution is 9.10. The van der Waals surface area contributed by atoms with E-state index in [0.29, 0.717) is 23.5 Å². The van der Waals surface area contributed by atoms with Gasteiger partial charge in [-0.3, -0.25) is 4.79 Å². The smallest absolute Gasteiger partial charge is 0.323 e. The van der Waals surface area contributed by atoms with Gasteiger partial charge in [0, 0.05) is 54.3 Å². The van der Waals surface area contributed by atoms with E-state index in [-0.39, 0.29) is 11.9 Å². The molecule has 0 unspecified atom stereocenters. The minimum absolute atomic E-state index is 0.176. The first-order valence-corrected chi connectivity index (χ1v) is 14.7. The maximum absolute atomic E-state index is 13.5. The summed E-state index contributed by atoms with van der Waals surface area (Å²) < 4.78 is 6.49. The number of para-hydroxylation sites is 2. The molecule has 1 heterocycles. The lowest BCUT2D eigenvalue weighted by Crippen LogP contribution is -2.47. The second kappa shape index (κ2) is 13.9. The van der Waals surface area contributed by atoms with E-state index in [9.17, 15) is 9.59 Å². The molecule has 0 aromatic heterocycles. The standard InChI is InChI=1S/C33H34BrN5O3/c1-42-31-10-6-5-9-30(31)39-21-19-38(20-22-39)29-16-15-27(37-33(41)36-26-13-11-25(34)12-14-26)23-28(29)32(40)35-18-17-24-7-3-2-4-8-24/h2-16,23H,17-22H2,1H3,(H,35,40)(H2,36,37,41). The average Bonchev–Trinajstić information content (AvgIpc) is 3.02. The third-order valence-electron chi connectivity index (χ3n) is 7.19. The number of rotatable bonds is 9. The van der Waals surface area contributed by atoms with Crippen LogP contribution in [0.4, 0.5) is 27.5 Å². The van der Waals surface area contributed by atoms with Crippen LogP contribution in [0.15, 0.2) is 102 Å². The number of ether oxygens (including phenoxy) is 1. The number of halogens is 1. The summed E-state index contributed by atoms with van der Waals surface area (Å²) >= 11 is 3.40. The zero-order chi connectivity index (χ0) is 29.3. The van der Waals surface area contributed by atoms with Crippen LogP contribution in [0.2, 0.25) is 0 Å². The molecule has 4 aromatic carbocycles. The molecule has 0 saturated carbocycles. The number of methoxy groups -OCH3 is 1. The number of benzene rings is 4. The fourth-order valence-electron chi connectivity index (χ4n) is 5.04. The van der Waals surface area contributed by atoms with Crippen LogP contribution in [0, 0.1) is 0 Å². The molecular weight excluding hydrogens is 594 g/mol. The number of hydrogen-bond donors (Lipinski definition) is 3. The minimum Gasteiger partial charge on any atom is -0.495 e. The second-order valence-electron chi connectivity index (χ2n) is 9.96. The lowest BCUT2D eigenvalue weighted by atomic mass is 10.1. The summed E-state index contributed by atoms with van der Waals surface area (Å²) in [6.45, 7) is 3.54. The Bertz CT molecular complexity index is 1510. The Balaban J connectivity index is 1.31. The zero-order valence-corrected chi connectivity index (χ0v) is 25.1. The van der Waals surface area contributed by atoms with Crippen LogP contribution < -0.4 is 30.5 Å². The Morgan fingerprint density at radius 3 is 2.10 bits per heavy atom. The van der Waals surface area contributed by atoms with Crippen LogP contribution in [0.1, 0.15) is 15.9 Å². The molecule has 216 valence electrons. The molecular formula is C33H34BrN5O3. The Morgan fingerprint density at radius 1 is 0.762 bits per heavy atom. The molecule has 0 radical (unpaired) electrons. The summed E-state index contributed by atoms with van der Waals surface area (Å²) in [4.78, 5) is 30.8. The lowest BCUT2D eigenvalue weighted by molar-refractivity contribution is 0.0954. The predicted molar refractivity (Wildman–Crippen MR) is 173 cm³/mol. The molecule has 4 aromatic rings. The number of carbonyl (C=O) groups excluding carboxylic acids is 2. The maximum atomic E-state index is 13.5. The second-order valence-corrected chi connectivity index (χ2v) is 10.9. The number of amides is 3. The topological polar surface area (TPSA) is 85.9 Å². The highest BCUT2D eigenvalue weighted by atomic mass is 79.9. The van der Waals surface area contributed by atoms with Crippen LogP contribution in [0.3, 0.4) is 0 Å². The van der Waals surface area contributed by atoms with Gasteiger partial charge in [-0.05, 0) is 66.6 Å². The van der Waals surface area contributed by atoms with Crippen LogP contribution in [-0.4, -0.2) is 51.8 Å². The fourth-order valence-corrected chi connectivity index (χ4v) is 5.30. The molecule has 1 fully saturated rings. The largest absolute Gasteiger partial charge is 0.495 e. The van der Waals surface area contributed by atoms with Crippen molar-refractivity contribution in [3.05, 3.63) is 113 Å². The molecule has 5 rings (SSSR count). The molecule has 0 bridgehead atoms. The van der Waals surface area contributed by atoms with E-state index >= 15 is 0 Å². The van der Waals surface area contributed by atoms with Gasteiger partial charge in [0.2, 0.25) is 0 Å². The van der Waals surface area contributed by atoms with Crippen molar-refractivity contribution in [2.75, 3.05) is 60.3 Å². The van der Waals surface area contributed by atoms with Crippen molar-refractivity contribution in [2.24, 2.45) is 0 Å². The normalized spacial score (nSPS) is 12.9. The molecule has 1 aliphatic heterocycles. The van der Waals surface area contributed by atoms with Crippen LogP contribution in [0.25, 0.3) is 0 Å². The molecule has 0 aliphatic carbocycles. The first-order valence-electron chi connectivity index (χ1n) is 13.9. The SMILES string of the molecule is COc1ccccc1N1CCN(c2ccc(NC(=O)Nc3ccc(Br)cc3)cc2C(=O)NCCc2ccccc2)CC1. The number of nitrogens with zero attached hydrogens (tertiary/aromatic N) is 2. The summed E-state index contributed by atoms with van der Waals surface area (Å²) in [6, 6.07) is 30.5. The van der Waals surface area contributed by atoms with E-state index in [1.165, 1.54) is 0 Å². The van der Waals surface area contributed by atoms with Gasteiger partial charge in [-0.1, -0.05) is 58.4 Å². The van der Waals surface area contributed by atoms with Crippen molar-refractivity contribution >= 4 is 50.6 Å². The number of urea groups is 1. The Morgan fingerprint density at radius 2 is 1.38 bits per heavy atom. The van der Waals surface area contributed by atoms with E-state index < -0.39 is 0 Å². The molecule has 42 heavy (non-hydrogen) atoms. The Labute approximate surface area is 254 Å². The van der Waals surface area contributed by atoms with E-state index in [0.717, 1.165) is 59.8 Å². The van der Waals surface area contributed by atoms with Gasteiger partial charge in [0.1, 0.15) is 5.75 Å². The van der Waals surface area contributed by atoms with Gasteiger partial charge in [0.05, 0.1) is 18.4 Å². The maximum Gasteiger partial charge on any atom is 0.323 e. The number of carbonyl (C=O) groups is 2. The van der Waals surface area contributed by atoms with Crippen LogP contribution in [0.5, 0.6) is 5.75 Å². The molecule has 0 spiro atoms. The quantitative estimate of drug-likeness (QED) is 0.200. The van der Waals surface area contributed by atoms with Gasteiger partial charge in [0.25, 0.3) is 5.91 Å². The lowest BCUT2D eigenvalue weighted by Gasteiger charge is -2.38. The molecule has 3 amide bonds. The van der Waals surface area contributed by atoms with E-state index in [2.05, 4.69) is 47.7 Å². The summed E-state index contributed by atoms with van der Waals surface area (Å²) in [5.41, 5.74) is 4.79. The average molecular weight is 629 g/mol. The van der Waals surface area contributed by atoms with Crippen LogP contribution in [-0.2, 0) is 6.42 Å². The van der Waals surface area contributed by atoms with Gasteiger partial charge >= 0.3 is 6.03 Å². The number of hydrogen-bond acceptors (Lipinski definition) is 5. The Hall–Kier alpha value is -4.50. The van der Waals surface area contributed by atoms with Crippen molar-refractivity contribution in [1.82, 2.24) is 5.32 Å². The van der Waals surface area contributed by atoms with Crippen molar-refractivity contribution in [3.8, 4) is 5.75 Å². The Kier molecular flexibility index (Phi) is 9.61. The minimum atomic E-state index is -0.383. The zero-order valence-electron chi connectivity index (χ0n) is 23.5. The van der Waals surface area contributed by atoms with Gasteiger partial charge in [0.15, 0.2) is 0 Å². The molecule has 3 N–H and O–H groups in total. The van der Waals surface area contributed by atoms with E-state index in [1.54, 1.807) is 13.2 Å². The van der Waals surface area contributed by atoms with Crippen LogP contribution >= 0.6 is 15.9 Å². The molecule has 9 heteroatoms. The van der Waals surface area contributed by atoms with E-state index in [4.69, 9.17) is 4.74 Å². The summed E-state index contributed by atoms with van der Waals surface area (Å²) in [5.74, 6) is 0.673. The van der Waals surface area contributed by atoms with Gasteiger partial charge in [-0.25, -0.2) is 4.79 Å². The molecule has 1 aliphatic rings. The van der Waals surface area contributed by atoms with Gasteiger partial charge < -0.3 is 30.5 Å². The first kappa shape index (κ1) is 29.0. The van der Waals surface area contributed by atoms with Crippen molar-refractivity contribution in [2.45, 2.75) is 6.42 Å². The summed E-state index contributed by atoms with van der Waals surface area (Å²) in [5, 5.41) is 8.78. The number of piperazine rings is 1. The molecule has 1 saturated heterocycles. The number of anilines is 4. The van der Waals surface area contributed by atoms with Gasteiger partial charge in [-0.2, -0.15) is 0 Å². The van der Waals surface area contributed by atoms with Gasteiger partial charge in [-0.15, -0.1) is 0 Å². The molecule has 8 nitrogen and oxygen atoms in total. The first-order chi connectivity index (χ1) is 20.5. The van der Waals surface area contributed by atoms with E-state index in [1.807, 2.05) is 84.9 Å². The molecule has 0 atom stereocenters. The third kappa shape index (κ3) is 7.41. The monoisotopic (exact) mass is 627 g/mol. The fraction of sp³-hybridized carbons (Fsp3) is 0.212. The predicted octanol–water partition coefficient (Wildman–Crippen LogP) is 6.40. The summed E-state index contributed by atoms with van der Waals surface area (Å²) in [7, 11) is 1.69. The number of nitrogens with one attached hydrogen (secondary N) is 3. The van der Waals surface area contributed by atoms with Crippen molar-refractivity contribution < 1.29 is 14.3 Å². The van der Waals surface area contributed by atoms with Crippen molar-refractivity contribution in [3.63, 3.8) is 0 Å². The summed E-state index contributed by atoms with van der Waals surface area (Å²) in [6.07, 6.45) is 0.729. The highest BCUT2D eigenvalue weighted by Crippen LogP contribution is 2.31. The highest BCUT2D eigenvalue weighted by Gasteiger charge is 2.24. The third-order valence-corrected chi connectivity index (χ3v) is 7.72. The van der Waals surface area contributed by atoms with Crippen molar-refractivity contribution in [1.29, 1.82) is 0 Å².